The van der Waals surface area contributed by atoms with Crippen molar-refractivity contribution in [2.75, 3.05) is 5.32 Å². The van der Waals surface area contributed by atoms with Crippen molar-refractivity contribution in [3.05, 3.63) is 95.7 Å². The maximum atomic E-state index is 13.0. The summed E-state index contributed by atoms with van der Waals surface area (Å²) in [6.45, 7) is 1.79. The van der Waals surface area contributed by atoms with Crippen LogP contribution >= 0.6 is 0 Å². The van der Waals surface area contributed by atoms with Crippen LogP contribution in [0.4, 0.5) is 10.1 Å². The standard InChI is InChI=1S/C22H18FNO4/c1-15-7-12-19(27-15)13-14-20(25)28-21(16-5-3-2-4-6-16)22(26)24-18-10-8-17(23)9-11-18/h2-14,21H,1H3,(H,24,26)/b14-13+. The van der Waals surface area contributed by atoms with Gasteiger partial charge in [-0.25, -0.2) is 9.18 Å². The van der Waals surface area contributed by atoms with Crippen LogP contribution in [0, 0.1) is 12.7 Å². The second kappa shape index (κ2) is 8.81. The van der Waals surface area contributed by atoms with Crippen molar-refractivity contribution in [2.24, 2.45) is 0 Å². The van der Waals surface area contributed by atoms with Crippen LogP contribution in [0.15, 0.2) is 77.2 Å². The molecular weight excluding hydrogens is 361 g/mol. The van der Waals surface area contributed by atoms with E-state index in [0.717, 1.165) is 0 Å². The predicted octanol–water partition coefficient (Wildman–Crippen LogP) is 4.66. The van der Waals surface area contributed by atoms with Gasteiger partial charge in [-0.3, -0.25) is 4.79 Å². The van der Waals surface area contributed by atoms with Gasteiger partial charge in [-0.15, -0.1) is 0 Å². The Morgan fingerprint density at radius 2 is 1.75 bits per heavy atom. The molecule has 0 aliphatic rings. The number of anilines is 1. The van der Waals surface area contributed by atoms with Gasteiger partial charge in [-0.2, -0.15) is 0 Å². The highest BCUT2D eigenvalue weighted by Gasteiger charge is 2.24. The molecule has 0 aliphatic carbocycles. The summed E-state index contributed by atoms with van der Waals surface area (Å²) in [5, 5.41) is 2.62. The molecule has 1 unspecified atom stereocenters. The average molecular weight is 379 g/mol. The largest absolute Gasteiger partial charge is 0.462 e. The summed E-state index contributed by atoms with van der Waals surface area (Å²) >= 11 is 0. The Morgan fingerprint density at radius 3 is 2.39 bits per heavy atom. The second-order valence-electron chi connectivity index (χ2n) is 6.01. The van der Waals surface area contributed by atoms with Crippen molar-refractivity contribution < 1.29 is 23.1 Å². The minimum Gasteiger partial charge on any atom is -0.462 e. The van der Waals surface area contributed by atoms with E-state index >= 15 is 0 Å². The third-order valence-electron chi connectivity index (χ3n) is 3.83. The van der Waals surface area contributed by atoms with Crippen LogP contribution < -0.4 is 5.32 Å². The smallest absolute Gasteiger partial charge is 0.332 e. The number of benzene rings is 2. The monoisotopic (exact) mass is 379 g/mol. The molecule has 0 saturated heterocycles. The van der Waals surface area contributed by atoms with Crippen molar-refractivity contribution in [3.8, 4) is 0 Å². The van der Waals surface area contributed by atoms with Gasteiger partial charge in [0, 0.05) is 17.3 Å². The van der Waals surface area contributed by atoms with Crippen LogP contribution in [-0.4, -0.2) is 11.9 Å². The molecular formula is C22H18FNO4. The number of halogens is 1. The molecule has 1 amide bonds. The molecule has 0 saturated carbocycles. The second-order valence-corrected chi connectivity index (χ2v) is 6.01. The van der Waals surface area contributed by atoms with Gasteiger partial charge in [-0.05, 0) is 49.4 Å². The molecule has 6 heteroatoms. The Balaban J connectivity index is 1.75. The highest BCUT2D eigenvalue weighted by Crippen LogP contribution is 2.21. The molecule has 0 radical (unpaired) electrons. The van der Waals surface area contributed by atoms with E-state index < -0.39 is 23.8 Å². The maximum Gasteiger partial charge on any atom is 0.332 e. The fraction of sp³-hybridized carbons (Fsp3) is 0.0909. The third-order valence-corrected chi connectivity index (χ3v) is 3.83. The van der Waals surface area contributed by atoms with E-state index in [1.165, 1.54) is 36.4 Å². The number of nitrogens with one attached hydrogen (secondary N) is 1. The van der Waals surface area contributed by atoms with E-state index in [0.29, 0.717) is 22.8 Å². The van der Waals surface area contributed by atoms with Crippen LogP contribution in [0.2, 0.25) is 0 Å². The summed E-state index contributed by atoms with van der Waals surface area (Å²) in [7, 11) is 0. The van der Waals surface area contributed by atoms with Crippen molar-refractivity contribution >= 4 is 23.6 Å². The van der Waals surface area contributed by atoms with E-state index in [9.17, 15) is 14.0 Å². The zero-order chi connectivity index (χ0) is 19.9. The Hall–Kier alpha value is -3.67. The lowest BCUT2D eigenvalue weighted by Gasteiger charge is -2.17. The molecule has 1 atom stereocenters. The lowest BCUT2D eigenvalue weighted by Crippen LogP contribution is -2.25. The molecule has 3 rings (SSSR count). The molecule has 0 spiro atoms. The third kappa shape index (κ3) is 5.17. The first-order valence-corrected chi connectivity index (χ1v) is 8.58. The van der Waals surface area contributed by atoms with Gasteiger partial charge in [0.2, 0.25) is 6.10 Å². The number of amides is 1. The summed E-state index contributed by atoms with van der Waals surface area (Å²) in [6, 6.07) is 17.4. The van der Waals surface area contributed by atoms with Crippen LogP contribution in [-0.2, 0) is 14.3 Å². The van der Waals surface area contributed by atoms with Crippen LogP contribution in [0.25, 0.3) is 6.08 Å². The molecule has 0 fully saturated rings. The average Bonchev–Trinajstić information content (AvgIpc) is 3.12. The van der Waals surface area contributed by atoms with Crippen molar-refractivity contribution in [3.63, 3.8) is 0 Å². The van der Waals surface area contributed by atoms with Gasteiger partial charge < -0.3 is 14.5 Å². The fourth-order valence-electron chi connectivity index (χ4n) is 2.49. The van der Waals surface area contributed by atoms with E-state index in [-0.39, 0.29) is 0 Å². The molecule has 5 nitrogen and oxygen atoms in total. The van der Waals surface area contributed by atoms with Gasteiger partial charge >= 0.3 is 5.97 Å². The van der Waals surface area contributed by atoms with E-state index in [1.54, 1.807) is 49.4 Å². The number of hydrogen-bond acceptors (Lipinski definition) is 4. The van der Waals surface area contributed by atoms with Gasteiger partial charge in [0.15, 0.2) is 0 Å². The zero-order valence-electron chi connectivity index (χ0n) is 15.1. The lowest BCUT2D eigenvalue weighted by molar-refractivity contribution is -0.149. The summed E-state index contributed by atoms with van der Waals surface area (Å²) in [5.41, 5.74) is 0.905. The Kier molecular flexibility index (Phi) is 6.01. The first-order valence-electron chi connectivity index (χ1n) is 8.58. The highest BCUT2D eigenvalue weighted by atomic mass is 19.1. The molecule has 1 aromatic heterocycles. The number of rotatable bonds is 6. The van der Waals surface area contributed by atoms with Crippen LogP contribution in [0.1, 0.15) is 23.2 Å². The Bertz CT molecular complexity index is 977. The first kappa shape index (κ1) is 19.1. The number of esters is 1. The molecule has 0 aliphatic heterocycles. The Morgan fingerprint density at radius 1 is 1.04 bits per heavy atom. The number of carbonyl (C=O) groups excluding carboxylic acids is 2. The molecule has 142 valence electrons. The quantitative estimate of drug-likeness (QED) is 0.499. The lowest BCUT2D eigenvalue weighted by atomic mass is 10.1. The van der Waals surface area contributed by atoms with Crippen molar-refractivity contribution in [1.29, 1.82) is 0 Å². The van der Waals surface area contributed by atoms with Gasteiger partial charge in [-0.1, -0.05) is 30.3 Å². The molecule has 1 N–H and O–H groups in total. The summed E-state index contributed by atoms with van der Waals surface area (Å²) in [6.07, 6.45) is 1.50. The van der Waals surface area contributed by atoms with E-state index in [2.05, 4.69) is 5.32 Å². The number of hydrogen-bond donors (Lipinski definition) is 1. The van der Waals surface area contributed by atoms with Gasteiger partial charge in [0.05, 0.1) is 0 Å². The summed E-state index contributed by atoms with van der Waals surface area (Å²) < 4.78 is 23.8. The Labute approximate surface area is 161 Å². The molecule has 2 aromatic carbocycles. The summed E-state index contributed by atoms with van der Waals surface area (Å²) in [4.78, 5) is 24.9. The predicted molar refractivity (Wildman–Crippen MR) is 103 cm³/mol. The highest BCUT2D eigenvalue weighted by molar-refractivity contribution is 5.97. The molecule has 3 aromatic rings. The number of aryl methyl sites for hydroxylation is 1. The number of furan rings is 1. The molecule has 1 heterocycles. The maximum absolute atomic E-state index is 13.0. The topological polar surface area (TPSA) is 68.5 Å². The summed E-state index contributed by atoms with van der Waals surface area (Å²) in [5.74, 6) is -0.441. The van der Waals surface area contributed by atoms with E-state index in [4.69, 9.17) is 9.15 Å². The van der Waals surface area contributed by atoms with Crippen LogP contribution in [0.5, 0.6) is 0 Å². The number of carbonyl (C=O) groups is 2. The van der Waals surface area contributed by atoms with Crippen LogP contribution in [0.3, 0.4) is 0 Å². The normalized spacial score (nSPS) is 11.9. The first-order chi connectivity index (χ1) is 13.5. The number of ether oxygens (including phenoxy) is 1. The van der Waals surface area contributed by atoms with Crippen molar-refractivity contribution in [1.82, 2.24) is 0 Å². The minimum absolute atomic E-state index is 0.394. The van der Waals surface area contributed by atoms with Gasteiger partial charge in [0.1, 0.15) is 17.3 Å². The zero-order valence-corrected chi connectivity index (χ0v) is 15.1. The molecule has 28 heavy (non-hydrogen) atoms. The van der Waals surface area contributed by atoms with Crippen molar-refractivity contribution in [2.45, 2.75) is 13.0 Å². The van der Waals surface area contributed by atoms with E-state index in [1.807, 2.05) is 0 Å². The van der Waals surface area contributed by atoms with Gasteiger partial charge in [0.25, 0.3) is 5.91 Å². The minimum atomic E-state index is -1.17. The molecule has 0 bridgehead atoms. The fourth-order valence-corrected chi connectivity index (χ4v) is 2.49. The SMILES string of the molecule is Cc1ccc(/C=C/C(=O)OC(C(=O)Nc2ccc(F)cc2)c2ccccc2)o1.